The van der Waals surface area contributed by atoms with Crippen LogP contribution in [0.15, 0.2) is 77.7 Å². The Bertz CT molecular complexity index is 1500. The Labute approximate surface area is 230 Å². The van der Waals surface area contributed by atoms with Gasteiger partial charge in [-0.3, -0.25) is 9.52 Å². The molecule has 0 aliphatic carbocycles. The van der Waals surface area contributed by atoms with Crippen LogP contribution in [0.25, 0.3) is 0 Å². The van der Waals surface area contributed by atoms with Gasteiger partial charge in [0.25, 0.3) is 10.0 Å². The molecule has 0 aromatic heterocycles. The van der Waals surface area contributed by atoms with Gasteiger partial charge in [0.05, 0.1) is 17.3 Å². The number of anilines is 2. The molecule has 208 valence electrons. The molecule has 1 amide bonds. The van der Waals surface area contributed by atoms with Crippen LogP contribution in [-0.4, -0.2) is 46.7 Å². The molecule has 1 aliphatic rings. The first-order valence-electron chi connectivity index (χ1n) is 12.8. The van der Waals surface area contributed by atoms with Gasteiger partial charge in [0.15, 0.2) is 0 Å². The largest absolute Gasteiger partial charge is 0.494 e. The predicted molar refractivity (Wildman–Crippen MR) is 152 cm³/mol. The lowest BCUT2D eigenvalue weighted by molar-refractivity contribution is -0.120. The van der Waals surface area contributed by atoms with E-state index in [1.807, 2.05) is 38.1 Å². The van der Waals surface area contributed by atoms with Crippen molar-refractivity contribution >= 4 is 37.3 Å². The van der Waals surface area contributed by atoms with Gasteiger partial charge in [0.1, 0.15) is 5.75 Å². The third-order valence-electron chi connectivity index (χ3n) is 6.67. The molecule has 0 unspecified atom stereocenters. The maximum atomic E-state index is 12.9. The first-order valence-corrected chi connectivity index (χ1v) is 15.9. The number of amides is 1. The van der Waals surface area contributed by atoms with E-state index in [0.717, 1.165) is 11.1 Å². The fourth-order valence-electron chi connectivity index (χ4n) is 4.42. The molecule has 4 rings (SSSR count). The van der Waals surface area contributed by atoms with E-state index in [-0.39, 0.29) is 35.6 Å². The minimum atomic E-state index is -3.82. The minimum Gasteiger partial charge on any atom is -0.494 e. The first kappa shape index (κ1) is 28.6. The average Bonchev–Trinajstić information content (AvgIpc) is 2.91. The predicted octanol–water partition coefficient (Wildman–Crippen LogP) is 4.38. The lowest BCUT2D eigenvalue weighted by Gasteiger charge is -2.30. The SMILES string of the molecule is CCOc1ccc(NS(=O)(=O)c2ccc(NC(=O)C3CCN(S(=O)(=O)Cc4ccccc4C)CC3)cc2)cc1. The number of hydrogen-bond acceptors (Lipinski definition) is 6. The molecular weight excluding hydrogens is 538 g/mol. The Hall–Kier alpha value is -3.41. The van der Waals surface area contributed by atoms with Crippen LogP contribution in [-0.2, 0) is 30.6 Å². The summed E-state index contributed by atoms with van der Waals surface area (Å²) in [5.41, 5.74) is 2.58. The van der Waals surface area contributed by atoms with E-state index in [0.29, 0.717) is 36.6 Å². The molecule has 0 saturated carbocycles. The van der Waals surface area contributed by atoms with Crippen LogP contribution in [0.5, 0.6) is 5.75 Å². The number of aryl methyl sites for hydroxylation is 1. The number of hydrogen-bond donors (Lipinski definition) is 2. The molecule has 1 saturated heterocycles. The van der Waals surface area contributed by atoms with Crippen molar-refractivity contribution in [1.82, 2.24) is 4.31 Å². The molecule has 11 heteroatoms. The second-order valence-electron chi connectivity index (χ2n) is 9.43. The second-order valence-corrected chi connectivity index (χ2v) is 13.1. The summed E-state index contributed by atoms with van der Waals surface area (Å²) in [6.07, 6.45) is 0.828. The topological polar surface area (TPSA) is 122 Å². The highest BCUT2D eigenvalue weighted by Crippen LogP contribution is 2.25. The smallest absolute Gasteiger partial charge is 0.261 e. The van der Waals surface area contributed by atoms with E-state index < -0.39 is 20.0 Å². The number of ether oxygens (including phenoxy) is 1. The molecule has 0 radical (unpaired) electrons. The first-order chi connectivity index (χ1) is 18.6. The van der Waals surface area contributed by atoms with Crippen molar-refractivity contribution in [2.24, 2.45) is 5.92 Å². The van der Waals surface area contributed by atoms with Gasteiger partial charge in [-0.25, -0.2) is 21.1 Å². The lowest BCUT2D eigenvalue weighted by Crippen LogP contribution is -2.41. The monoisotopic (exact) mass is 571 g/mol. The average molecular weight is 572 g/mol. The fourth-order valence-corrected chi connectivity index (χ4v) is 7.14. The zero-order valence-electron chi connectivity index (χ0n) is 22.0. The van der Waals surface area contributed by atoms with Gasteiger partial charge < -0.3 is 10.1 Å². The summed E-state index contributed by atoms with van der Waals surface area (Å²) in [5, 5.41) is 2.82. The summed E-state index contributed by atoms with van der Waals surface area (Å²) >= 11 is 0. The van der Waals surface area contributed by atoms with Crippen LogP contribution in [0.1, 0.15) is 30.9 Å². The van der Waals surface area contributed by atoms with Crippen molar-refractivity contribution in [3.8, 4) is 5.75 Å². The zero-order valence-corrected chi connectivity index (χ0v) is 23.6. The lowest BCUT2D eigenvalue weighted by atomic mass is 9.97. The molecule has 9 nitrogen and oxygen atoms in total. The van der Waals surface area contributed by atoms with Gasteiger partial charge >= 0.3 is 0 Å². The number of carbonyl (C=O) groups excluding carboxylic acids is 1. The van der Waals surface area contributed by atoms with Crippen molar-refractivity contribution in [3.05, 3.63) is 83.9 Å². The molecule has 2 N–H and O–H groups in total. The van der Waals surface area contributed by atoms with Crippen molar-refractivity contribution < 1.29 is 26.4 Å². The van der Waals surface area contributed by atoms with Crippen LogP contribution in [0.2, 0.25) is 0 Å². The quantitative estimate of drug-likeness (QED) is 0.373. The molecule has 39 heavy (non-hydrogen) atoms. The van der Waals surface area contributed by atoms with E-state index in [1.165, 1.54) is 28.6 Å². The molecule has 1 heterocycles. The molecule has 0 bridgehead atoms. The summed E-state index contributed by atoms with van der Waals surface area (Å²) in [6, 6.07) is 19.9. The van der Waals surface area contributed by atoms with Crippen LogP contribution in [0.4, 0.5) is 11.4 Å². The number of piperidine rings is 1. The fraction of sp³-hybridized carbons (Fsp3) is 0.321. The number of rotatable bonds is 10. The van der Waals surface area contributed by atoms with Crippen molar-refractivity contribution in [3.63, 3.8) is 0 Å². The molecule has 1 aliphatic heterocycles. The number of benzene rings is 3. The van der Waals surface area contributed by atoms with Gasteiger partial charge in [0.2, 0.25) is 15.9 Å². The Morgan fingerprint density at radius 1 is 0.897 bits per heavy atom. The Morgan fingerprint density at radius 3 is 2.13 bits per heavy atom. The van der Waals surface area contributed by atoms with Crippen molar-refractivity contribution in [2.45, 2.75) is 37.3 Å². The third kappa shape index (κ3) is 7.37. The standard InChI is InChI=1S/C28H33N3O6S2/c1-3-37-26-12-8-25(9-13-26)30-39(35,36)27-14-10-24(11-15-27)29-28(32)22-16-18-31(19-17-22)38(33,34)20-23-7-5-4-6-21(23)2/h4-15,22,30H,3,16-20H2,1-2H3,(H,29,32). The molecule has 1 fully saturated rings. The van der Waals surface area contributed by atoms with Crippen LogP contribution < -0.4 is 14.8 Å². The highest BCUT2D eigenvalue weighted by atomic mass is 32.2. The van der Waals surface area contributed by atoms with Crippen LogP contribution in [0.3, 0.4) is 0 Å². The maximum Gasteiger partial charge on any atom is 0.261 e. The number of nitrogens with one attached hydrogen (secondary N) is 2. The number of nitrogens with zero attached hydrogens (tertiary/aromatic N) is 1. The highest BCUT2D eigenvalue weighted by Gasteiger charge is 2.31. The van der Waals surface area contributed by atoms with Crippen molar-refractivity contribution in [1.29, 1.82) is 0 Å². The second kappa shape index (κ2) is 12.2. The van der Waals surface area contributed by atoms with E-state index in [4.69, 9.17) is 4.74 Å². The molecular formula is C28H33N3O6S2. The van der Waals surface area contributed by atoms with Gasteiger partial charge in [-0.2, -0.15) is 0 Å². The van der Waals surface area contributed by atoms with Gasteiger partial charge in [-0.1, -0.05) is 24.3 Å². The maximum absolute atomic E-state index is 12.9. The Kier molecular flexibility index (Phi) is 8.94. The molecule has 3 aromatic rings. The summed E-state index contributed by atoms with van der Waals surface area (Å²) in [5.74, 6) is 0.0444. The van der Waals surface area contributed by atoms with Crippen LogP contribution in [0, 0.1) is 12.8 Å². The zero-order chi connectivity index (χ0) is 28.0. The number of sulfonamides is 2. The summed E-state index contributed by atoms with van der Waals surface area (Å²) < 4.78 is 60.7. The highest BCUT2D eigenvalue weighted by molar-refractivity contribution is 7.92. The van der Waals surface area contributed by atoms with E-state index in [9.17, 15) is 21.6 Å². The minimum absolute atomic E-state index is 0.0563. The molecule has 0 atom stereocenters. The van der Waals surface area contributed by atoms with Gasteiger partial charge in [-0.15, -0.1) is 0 Å². The summed E-state index contributed by atoms with van der Waals surface area (Å²) in [4.78, 5) is 12.9. The van der Waals surface area contributed by atoms with Crippen molar-refractivity contribution in [2.75, 3.05) is 29.7 Å². The molecule has 3 aromatic carbocycles. The Morgan fingerprint density at radius 2 is 1.51 bits per heavy atom. The van der Waals surface area contributed by atoms with Gasteiger partial charge in [-0.05, 0) is 86.3 Å². The Balaban J connectivity index is 1.30. The van der Waals surface area contributed by atoms with Gasteiger partial charge in [0, 0.05) is 30.4 Å². The van der Waals surface area contributed by atoms with E-state index >= 15 is 0 Å². The third-order valence-corrected chi connectivity index (χ3v) is 9.89. The summed E-state index contributed by atoms with van der Waals surface area (Å²) in [7, 11) is -7.30. The normalized spacial score (nSPS) is 15.0. The van der Waals surface area contributed by atoms with Crippen LogP contribution >= 0.6 is 0 Å². The summed E-state index contributed by atoms with van der Waals surface area (Å²) in [6.45, 7) is 4.83. The van der Waals surface area contributed by atoms with E-state index in [2.05, 4.69) is 10.0 Å². The van der Waals surface area contributed by atoms with E-state index in [1.54, 1.807) is 24.3 Å². The molecule has 0 spiro atoms. The number of carbonyl (C=O) groups is 1.